The lowest BCUT2D eigenvalue weighted by molar-refractivity contribution is 0.151. The van der Waals surface area contributed by atoms with Gasteiger partial charge in [-0.05, 0) is 0 Å². The van der Waals surface area contributed by atoms with E-state index in [0.717, 1.165) is 0 Å². The largest absolute Gasteiger partial charge is 0.309 e. The average Bonchev–Trinajstić information content (AvgIpc) is 1.31. The van der Waals surface area contributed by atoms with E-state index >= 15 is 0 Å². The van der Waals surface area contributed by atoms with Crippen LogP contribution in [0.1, 0.15) is 0 Å². The van der Waals surface area contributed by atoms with Crippen LogP contribution in [-0.4, -0.2) is 18.5 Å². The fraction of sp³-hybridized carbons (Fsp3) is 1.00. The van der Waals surface area contributed by atoms with Crippen molar-refractivity contribution < 1.29 is 18.1 Å². The minimum absolute atomic E-state index is 2.42. The van der Waals surface area contributed by atoms with E-state index in [-0.39, 0.29) is 0 Å². The van der Waals surface area contributed by atoms with Gasteiger partial charge < -0.3 is 0 Å². The van der Waals surface area contributed by atoms with E-state index in [4.69, 9.17) is 4.55 Å². The average molecular weight is 126 g/mol. The van der Waals surface area contributed by atoms with Crippen LogP contribution in [0.3, 0.4) is 0 Å². The molecule has 0 bridgehead atoms. The second-order valence-electron chi connectivity index (χ2n) is 0.883. The Morgan fingerprint density at radius 1 is 1.57 bits per heavy atom. The first-order chi connectivity index (χ1) is 2.94. The van der Waals surface area contributed by atoms with Gasteiger partial charge in [-0.15, -0.1) is 0 Å². The molecule has 0 aromatic carbocycles. The van der Waals surface area contributed by atoms with Crippen LogP contribution in [0, 0.1) is 0 Å². The molecule has 6 heteroatoms. The third-order valence-corrected chi connectivity index (χ3v) is 0.881. The van der Waals surface area contributed by atoms with Crippen molar-refractivity contribution in [3.8, 4) is 0 Å². The first-order valence-corrected chi connectivity index (χ1v) is 2.82. The van der Waals surface area contributed by atoms with Crippen molar-refractivity contribution in [2.24, 2.45) is 5.73 Å². The molecule has 0 aliphatic carbocycles. The Morgan fingerprint density at radius 2 is 1.71 bits per heavy atom. The summed E-state index contributed by atoms with van der Waals surface area (Å²) in [6.45, 7) is 0. The fourth-order valence-corrected chi connectivity index (χ4v) is 0. The van der Waals surface area contributed by atoms with Crippen molar-refractivity contribution in [1.29, 1.82) is 0 Å². The molecule has 5 nitrogen and oxygen atoms in total. The maximum absolute atomic E-state index is 9.49. The highest BCUT2D eigenvalue weighted by Crippen LogP contribution is 1.81. The van der Waals surface area contributed by atoms with E-state index in [1.54, 1.807) is 0 Å². The van der Waals surface area contributed by atoms with E-state index in [1.807, 2.05) is 0 Å². The van der Waals surface area contributed by atoms with Crippen LogP contribution >= 0.6 is 0 Å². The van der Waals surface area contributed by atoms with Crippen molar-refractivity contribution in [2.45, 2.75) is 5.56 Å². The second kappa shape index (κ2) is 1.74. The molecule has 1 atom stereocenters. The summed E-state index contributed by atoms with van der Waals surface area (Å²) in [7, 11) is -4.52. The topological polar surface area (TPSA) is 100 Å². The van der Waals surface area contributed by atoms with Crippen molar-refractivity contribution in [3.05, 3.63) is 0 Å². The molecule has 1 unspecified atom stereocenters. The Balaban J connectivity index is 4.10. The Kier molecular flexibility index (Phi) is 1.70. The van der Waals surface area contributed by atoms with Gasteiger partial charge in [-0.1, -0.05) is 0 Å². The highest BCUT2D eigenvalue weighted by molar-refractivity contribution is 7.86. The van der Waals surface area contributed by atoms with Gasteiger partial charge in [-0.2, -0.15) is 13.5 Å². The van der Waals surface area contributed by atoms with Gasteiger partial charge >= 0.3 is 10.1 Å². The molecule has 43 valence electrons. The summed E-state index contributed by atoms with van der Waals surface area (Å²) in [4.78, 5) is 0. The normalized spacial score (nSPS) is 16.4. The van der Waals surface area contributed by atoms with Crippen LogP contribution in [-0.2, 0) is 15.2 Å². The van der Waals surface area contributed by atoms with E-state index in [9.17, 15) is 13.5 Å². The molecule has 0 aromatic heterocycles. The van der Waals surface area contributed by atoms with Crippen molar-refractivity contribution in [1.82, 2.24) is 0 Å². The number of hydrogen-bond acceptors (Lipinski definition) is 3. The molecule has 0 aliphatic rings. The molecule has 0 rings (SSSR count). The zero-order valence-electron chi connectivity index (χ0n) is 3.23. The first-order valence-electron chi connectivity index (χ1n) is 1.32. The van der Waals surface area contributed by atoms with Crippen molar-refractivity contribution >= 4 is 10.1 Å². The highest BCUT2D eigenvalue weighted by Gasteiger charge is 2.13. The van der Waals surface area contributed by atoms with Gasteiger partial charge in [0.2, 0.25) is 0 Å². The lowest BCUT2D eigenvalue weighted by atomic mass is 11.4. The third-order valence-electron chi connectivity index (χ3n) is 0.294. The molecule has 0 saturated carbocycles. The molecule has 0 aliphatic heterocycles. The molecule has 0 fully saturated rings. The maximum Gasteiger partial charge on any atom is 0.309 e. The van der Waals surface area contributed by atoms with E-state index in [1.165, 1.54) is 0 Å². The van der Waals surface area contributed by atoms with E-state index in [2.05, 4.69) is 5.73 Å². The van der Waals surface area contributed by atoms with Crippen molar-refractivity contribution in [2.75, 3.05) is 0 Å². The molecule has 0 heterocycles. The van der Waals surface area contributed by atoms with Crippen LogP contribution in [0.4, 0.5) is 0 Å². The van der Waals surface area contributed by atoms with Crippen LogP contribution in [0.15, 0.2) is 0 Å². The van der Waals surface area contributed by atoms with Crippen LogP contribution in [0.25, 0.3) is 0 Å². The zero-order chi connectivity index (χ0) is 6.08. The number of rotatable bonds is 1. The summed E-state index contributed by atoms with van der Waals surface area (Å²) in [6, 6.07) is 0. The Labute approximate surface area is 40.5 Å². The van der Waals surface area contributed by atoms with Gasteiger partial charge in [0.05, 0.1) is 0 Å². The molecule has 0 amide bonds. The predicted molar refractivity (Wildman–Crippen MR) is 20.2 cm³/mol. The predicted octanol–water partition coefficient (Wildman–Crippen LogP) is -1.45. The van der Waals surface area contributed by atoms with Gasteiger partial charge in [-0.3, -0.25) is 10.3 Å². The van der Waals surface area contributed by atoms with Gasteiger partial charge in [0.25, 0.3) is 5.56 Å². The van der Waals surface area contributed by atoms with Crippen LogP contribution in [0.2, 0.25) is 0 Å². The zero-order valence-corrected chi connectivity index (χ0v) is 4.05. The molecule has 1 radical (unpaired) electrons. The summed E-state index contributed by atoms with van der Waals surface area (Å²) < 4.78 is 26.5. The molecule has 7 heavy (non-hydrogen) atoms. The van der Waals surface area contributed by atoms with Crippen molar-refractivity contribution in [3.63, 3.8) is 0 Å². The number of hydrogen-bond donors (Lipinski definition) is 2. The summed E-state index contributed by atoms with van der Waals surface area (Å²) in [6.07, 6.45) is 0. The van der Waals surface area contributed by atoms with Gasteiger partial charge in [-0.25, -0.2) is 0 Å². The van der Waals surface area contributed by atoms with Gasteiger partial charge in [0.1, 0.15) is 0 Å². The van der Waals surface area contributed by atoms with E-state index < -0.39 is 15.7 Å². The first kappa shape index (κ1) is 6.83. The molecular formula is CH4NO4S. The minimum Gasteiger partial charge on any atom is -0.288 e. The SMILES string of the molecule is NC([O])S(=O)(=O)O. The van der Waals surface area contributed by atoms with Crippen LogP contribution < -0.4 is 5.73 Å². The van der Waals surface area contributed by atoms with Crippen LogP contribution in [0.5, 0.6) is 0 Å². The lowest BCUT2D eigenvalue weighted by Gasteiger charge is -1.91. The van der Waals surface area contributed by atoms with Gasteiger partial charge in [0.15, 0.2) is 0 Å². The maximum atomic E-state index is 9.49. The summed E-state index contributed by atoms with van der Waals surface area (Å²) in [5.74, 6) is 0. The Bertz CT molecular complexity index is 134. The smallest absolute Gasteiger partial charge is 0.288 e. The third kappa shape index (κ3) is 2.52. The van der Waals surface area contributed by atoms with E-state index in [0.29, 0.717) is 0 Å². The summed E-state index contributed by atoms with van der Waals surface area (Å²) in [5.41, 5.74) is 1.75. The Hall–Kier alpha value is -0.170. The standard InChI is InChI=1S/CH4NO4S/c2-1(3)7(4,5)6/h1H,2H2,(H,4,5,6). The Morgan fingerprint density at radius 3 is 1.71 bits per heavy atom. The minimum atomic E-state index is -4.52. The highest BCUT2D eigenvalue weighted by atomic mass is 32.2. The molecular weight excluding hydrogens is 122 g/mol. The second-order valence-corrected chi connectivity index (χ2v) is 2.38. The molecule has 0 spiro atoms. The molecule has 0 aromatic rings. The lowest BCUT2D eigenvalue weighted by Crippen LogP contribution is -2.27. The fourth-order valence-electron chi connectivity index (χ4n) is 0. The monoisotopic (exact) mass is 126 g/mol. The molecule has 3 N–H and O–H groups in total. The molecule has 0 saturated heterocycles. The quantitative estimate of drug-likeness (QED) is 0.331. The summed E-state index contributed by atoms with van der Waals surface area (Å²) in [5, 5.41) is 9.49. The summed E-state index contributed by atoms with van der Waals surface area (Å²) >= 11 is 0. The van der Waals surface area contributed by atoms with Gasteiger partial charge in [0, 0.05) is 0 Å². The number of nitrogens with two attached hydrogens (primary N) is 1.